The fourth-order valence-corrected chi connectivity index (χ4v) is 7.70. The van der Waals surface area contributed by atoms with Crippen LogP contribution in [0.15, 0.2) is 24.3 Å². The van der Waals surface area contributed by atoms with Gasteiger partial charge in [0, 0.05) is 31.7 Å². The summed E-state index contributed by atoms with van der Waals surface area (Å²) in [6.45, 7) is 3.96. The van der Waals surface area contributed by atoms with Gasteiger partial charge in [-0.15, -0.1) is 0 Å². The molecule has 1 saturated heterocycles. The summed E-state index contributed by atoms with van der Waals surface area (Å²) >= 11 is 0. The maximum absolute atomic E-state index is 12.8. The Kier molecular flexibility index (Phi) is 7.03. The van der Waals surface area contributed by atoms with Gasteiger partial charge in [0.2, 0.25) is 11.8 Å². The number of likely N-dealkylation sites (tertiary alicyclic amines) is 1. The lowest BCUT2D eigenvalue weighted by Crippen LogP contribution is -2.50. The molecule has 35 heavy (non-hydrogen) atoms. The summed E-state index contributed by atoms with van der Waals surface area (Å²) in [4.78, 5) is 39.7. The molecule has 7 nitrogen and oxygen atoms in total. The molecule has 4 aliphatic carbocycles. The second-order valence-electron chi connectivity index (χ2n) is 11.9. The summed E-state index contributed by atoms with van der Waals surface area (Å²) in [5.41, 5.74) is 2.10. The first-order valence-electron chi connectivity index (χ1n) is 13.5. The molecule has 0 radical (unpaired) electrons. The van der Waals surface area contributed by atoms with Crippen LogP contribution in [0.3, 0.4) is 0 Å². The SMILES string of the molecule is Cc1ccc(NC(=O)NCC2CCCN(C(=O)CNC(=O)CC34CC5CC(CC(C5)C3)C4)C2)cc1. The fraction of sp³-hybridized carbons (Fsp3) is 0.679. The van der Waals surface area contributed by atoms with Gasteiger partial charge in [0.25, 0.3) is 0 Å². The van der Waals surface area contributed by atoms with Crippen molar-refractivity contribution < 1.29 is 14.4 Å². The summed E-state index contributed by atoms with van der Waals surface area (Å²) in [6, 6.07) is 7.46. The predicted molar refractivity (Wildman–Crippen MR) is 136 cm³/mol. The van der Waals surface area contributed by atoms with Crippen LogP contribution in [-0.4, -0.2) is 48.9 Å². The third-order valence-electron chi connectivity index (χ3n) is 8.87. The van der Waals surface area contributed by atoms with Crippen molar-refractivity contribution >= 4 is 23.5 Å². The van der Waals surface area contributed by atoms with Gasteiger partial charge in [0.1, 0.15) is 0 Å². The lowest BCUT2D eigenvalue weighted by Gasteiger charge is -2.56. The monoisotopic (exact) mass is 480 g/mol. The zero-order valence-corrected chi connectivity index (χ0v) is 21.0. The van der Waals surface area contributed by atoms with E-state index in [2.05, 4.69) is 16.0 Å². The Morgan fingerprint density at radius 2 is 1.63 bits per heavy atom. The first kappa shape index (κ1) is 24.1. The Morgan fingerprint density at radius 1 is 0.971 bits per heavy atom. The van der Waals surface area contributed by atoms with Crippen molar-refractivity contribution in [2.75, 3.05) is 31.5 Å². The molecule has 1 aromatic carbocycles. The molecule has 4 bridgehead atoms. The van der Waals surface area contributed by atoms with Crippen molar-refractivity contribution in [3.63, 3.8) is 0 Å². The average Bonchev–Trinajstić information content (AvgIpc) is 2.82. The zero-order valence-electron chi connectivity index (χ0n) is 21.0. The van der Waals surface area contributed by atoms with Gasteiger partial charge in [-0.2, -0.15) is 0 Å². The molecule has 6 rings (SSSR count). The lowest BCUT2D eigenvalue weighted by molar-refractivity contribution is -0.136. The number of benzene rings is 1. The van der Waals surface area contributed by atoms with E-state index in [0.717, 1.165) is 48.4 Å². The summed E-state index contributed by atoms with van der Waals surface area (Å²) in [5.74, 6) is 2.73. The van der Waals surface area contributed by atoms with E-state index in [4.69, 9.17) is 0 Å². The van der Waals surface area contributed by atoms with E-state index in [1.165, 1.54) is 38.5 Å². The molecule has 0 spiro atoms. The van der Waals surface area contributed by atoms with Gasteiger partial charge in [-0.05, 0) is 99.5 Å². The number of anilines is 1. The van der Waals surface area contributed by atoms with E-state index in [0.29, 0.717) is 19.5 Å². The maximum atomic E-state index is 12.8. The van der Waals surface area contributed by atoms with Gasteiger partial charge in [-0.1, -0.05) is 17.7 Å². The highest BCUT2D eigenvalue weighted by Crippen LogP contribution is 2.61. The summed E-state index contributed by atoms with van der Waals surface area (Å²) in [6.07, 6.45) is 10.2. The van der Waals surface area contributed by atoms with Crippen LogP contribution in [0.4, 0.5) is 10.5 Å². The van der Waals surface area contributed by atoms with E-state index in [1.807, 2.05) is 36.1 Å². The highest BCUT2D eigenvalue weighted by atomic mass is 16.2. The lowest BCUT2D eigenvalue weighted by atomic mass is 9.49. The third-order valence-corrected chi connectivity index (χ3v) is 8.87. The first-order valence-corrected chi connectivity index (χ1v) is 13.5. The van der Waals surface area contributed by atoms with Crippen LogP contribution >= 0.6 is 0 Å². The van der Waals surface area contributed by atoms with Crippen molar-refractivity contribution in [1.29, 1.82) is 0 Å². The fourth-order valence-electron chi connectivity index (χ4n) is 7.70. The van der Waals surface area contributed by atoms with Crippen LogP contribution in [0.5, 0.6) is 0 Å². The molecule has 190 valence electrons. The van der Waals surface area contributed by atoms with Gasteiger partial charge in [0.15, 0.2) is 0 Å². The number of nitrogens with zero attached hydrogens (tertiary/aromatic N) is 1. The third kappa shape index (κ3) is 5.99. The topological polar surface area (TPSA) is 90.5 Å². The van der Waals surface area contributed by atoms with Gasteiger partial charge in [-0.3, -0.25) is 9.59 Å². The van der Waals surface area contributed by atoms with Gasteiger partial charge in [0.05, 0.1) is 6.54 Å². The average molecular weight is 481 g/mol. The number of hydrogen-bond acceptors (Lipinski definition) is 3. The number of carbonyl (C=O) groups excluding carboxylic acids is 3. The molecule has 1 unspecified atom stereocenters. The minimum atomic E-state index is -0.228. The quantitative estimate of drug-likeness (QED) is 0.549. The predicted octanol–water partition coefficient (Wildman–Crippen LogP) is 4.08. The van der Waals surface area contributed by atoms with Crippen LogP contribution in [0, 0.1) is 36.0 Å². The standard InChI is InChI=1S/C28H40N4O3/c1-19-4-6-24(7-5-19)31-27(35)30-16-20-3-2-8-32(18-20)26(34)17-29-25(33)15-28-12-21-9-22(13-28)11-23(10-21)14-28/h4-7,20-23H,2-3,8-18H2,1H3,(H,29,33)(H2,30,31,35). The molecule has 4 amide bonds. The number of nitrogens with one attached hydrogen (secondary N) is 3. The van der Waals surface area contributed by atoms with E-state index >= 15 is 0 Å². The van der Waals surface area contributed by atoms with Gasteiger partial charge < -0.3 is 20.9 Å². The van der Waals surface area contributed by atoms with Gasteiger partial charge in [-0.25, -0.2) is 4.79 Å². The van der Waals surface area contributed by atoms with Crippen molar-refractivity contribution in [2.24, 2.45) is 29.1 Å². The molecule has 1 aliphatic heterocycles. The van der Waals surface area contributed by atoms with Crippen LogP contribution in [0.25, 0.3) is 0 Å². The van der Waals surface area contributed by atoms with Crippen molar-refractivity contribution in [1.82, 2.24) is 15.5 Å². The molecular formula is C28H40N4O3. The number of amides is 4. The Morgan fingerprint density at radius 3 is 2.29 bits per heavy atom. The minimum Gasteiger partial charge on any atom is -0.347 e. The van der Waals surface area contributed by atoms with E-state index in [9.17, 15) is 14.4 Å². The normalized spacial score (nSPS) is 31.2. The highest BCUT2D eigenvalue weighted by Gasteiger charge is 2.51. The summed E-state index contributed by atoms with van der Waals surface area (Å²) in [7, 11) is 0. The Bertz CT molecular complexity index is 909. The molecule has 4 saturated carbocycles. The zero-order chi connectivity index (χ0) is 24.4. The number of aryl methyl sites for hydroxylation is 1. The van der Waals surface area contributed by atoms with Crippen LogP contribution in [-0.2, 0) is 9.59 Å². The van der Waals surface area contributed by atoms with Crippen molar-refractivity contribution in [3.05, 3.63) is 29.8 Å². The largest absolute Gasteiger partial charge is 0.347 e. The molecule has 7 heteroatoms. The smallest absolute Gasteiger partial charge is 0.319 e. The number of piperidine rings is 1. The molecule has 1 aromatic rings. The van der Waals surface area contributed by atoms with Crippen molar-refractivity contribution in [3.8, 4) is 0 Å². The highest BCUT2D eigenvalue weighted by molar-refractivity contribution is 5.89. The Hall–Kier alpha value is -2.57. The number of carbonyl (C=O) groups is 3. The summed E-state index contributed by atoms with van der Waals surface area (Å²) < 4.78 is 0. The minimum absolute atomic E-state index is 0.0160. The second kappa shape index (κ2) is 10.2. The Balaban J connectivity index is 1.03. The first-order chi connectivity index (χ1) is 16.9. The van der Waals surface area contributed by atoms with E-state index in [1.54, 1.807) is 0 Å². The molecule has 1 heterocycles. The van der Waals surface area contributed by atoms with Crippen LogP contribution in [0.2, 0.25) is 0 Å². The molecule has 0 aromatic heterocycles. The Labute approximate surface area is 208 Å². The van der Waals surface area contributed by atoms with Crippen LogP contribution < -0.4 is 16.0 Å². The molecule has 1 atom stereocenters. The number of rotatable bonds is 7. The maximum Gasteiger partial charge on any atom is 0.319 e. The number of urea groups is 1. The van der Waals surface area contributed by atoms with Crippen molar-refractivity contribution in [2.45, 2.75) is 64.7 Å². The van der Waals surface area contributed by atoms with Crippen LogP contribution in [0.1, 0.15) is 63.4 Å². The van der Waals surface area contributed by atoms with E-state index < -0.39 is 0 Å². The second-order valence-corrected chi connectivity index (χ2v) is 11.9. The molecular weight excluding hydrogens is 440 g/mol. The number of hydrogen-bond donors (Lipinski definition) is 3. The van der Waals surface area contributed by atoms with E-state index in [-0.39, 0.29) is 35.7 Å². The molecule has 3 N–H and O–H groups in total. The van der Waals surface area contributed by atoms with Gasteiger partial charge >= 0.3 is 6.03 Å². The molecule has 5 aliphatic rings. The molecule has 5 fully saturated rings. The summed E-state index contributed by atoms with van der Waals surface area (Å²) in [5, 5.41) is 8.73.